The van der Waals surface area contributed by atoms with Crippen LogP contribution in [-0.4, -0.2) is 35.6 Å². The van der Waals surface area contributed by atoms with Gasteiger partial charge in [0.25, 0.3) is 5.91 Å². The summed E-state index contributed by atoms with van der Waals surface area (Å²) < 4.78 is 1.02. The molecule has 3 nitrogen and oxygen atoms in total. The zero-order chi connectivity index (χ0) is 13.3. The fourth-order valence-electron chi connectivity index (χ4n) is 2.32. The van der Waals surface area contributed by atoms with Gasteiger partial charge in [-0.3, -0.25) is 4.79 Å². The summed E-state index contributed by atoms with van der Waals surface area (Å²) >= 11 is 3.43. The molecule has 0 saturated heterocycles. The van der Waals surface area contributed by atoms with Crippen molar-refractivity contribution in [3.63, 3.8) is 0 Å². The maximum Gasteiger partial charge on any atom is 0.253 e. The van der Waals surface area contributed by atoms with Crippen LogP contribution >= 0.6 is 15.9 Å². The summed E-state index contributed by atoms with van der Waals surface area (Å²) in [5.74, 6) is 0.498. The lowest BCUT2D eigenvalue weighted by atomic mass is 9.82. The van der Waals surface area contributed by atoms with Crippen molar-refractivity contribution in [3.8, 4) is 0 Å². The van der Waals surface area contributed by atoms with E-state index in [-0.39, 0.29) is 12.0 Å². The van der Waals surface area contributed by atoms with Gasteiger partial charge >= 0.3 is 0 Å². The van der Waals surface area contributed by atoms with Gasteiger partial charge in [-0.15, -0.1) is 0 Å². The van der Waals surface area contributed by atoms with E-state index < -0.39 is 0 Å². The van der Waals surface area contributed by atoms with Crippen LogP contribution in [0.4, 0.5) is 0 Å². The second-order valence-electron chi connectivity index (χ2n) is 5.14. The topological polar surface area (TPSA) is 40.5 Å². The van der Waals surface area contributed by atoms with Gasteiger partial charge in [0, 0.05) is 23.6 Å². The van der Waals surface area contributed by atoms with Gasteiger partial charge in [0.05, 0.1) is 6.10 Å². The van der Waals surface area contributed by atoms with E-state index in [9.17, 15) is 9.90 Å². The molecule has 1 N–H and O–H groups in total. The number of nitrogens with zero attached hydrogens (tertiary/aromatic N) is 1. The number of rotatable bonds is 3. The Kier molecular flexibility index (Phi) is 4.07. The third-order valence-electron chi connectivity index (χ3n) is 3.49. The van der Waals surface area contributed by atoms with E-state index in [0.29, 0.717) is 5.92 Å². The number of benzene rings is 1. The summed E-state index contributed by atoms with van der Waals surface area (Å²) in [7, 11) is 1.82. The van der Waals surface area contributed by atoms with Crippen molar-refractivity contribution in [1.29, 1.82) is 0 Å². The molecule has 0 unspecified atom stereocenters. The Labute approximate surface area is 116 Å². The minimum atomic E-state index is -0.159. The van der Waals surface area contributed by atoms with Crippen LogP contribution in [0, 0.1) is 12.8 Å². The van der Waals surface area contributed by atoms with Crippen molar-refractivity contribution in [2.45, 2.75) is 25.9 Å². The lowest BCUT2D eigenvalue weighted by Gasteiger charge is -2.34. The van der Waals surface area contributed by atoms with Crippen LogP contribution < -0.4 is 0 Å². The first kappa shape index (κ1) is 13.6. The second-order valence-corrected chi connectivity index (χ2v) is 6.00. The van der Waals surface area contributed by atoms with Gasteiger partial charge in [0.15, 0.2) is 0 Å². The Morgan fingerprint density at radius 3 is 2.72 bits per heavy atom. The van der Waals surface area contributed by atoms with Crippen LogP contribution in [0.5, 0.6) is 0 Å². The van der Waals surface area contributed by atoms with Gasteiger partial charge in [0.1, 0.15) is 0 Å². The molecule has 1 fully saturated rings. The molecule has 1 aromatic rings. The number of halogens is 1. The van der Waals surface area contributed by atoms with Crippen molar-refractivity contribution in [2.24, 2.45) is 5.92 Å². The molecule has 0 heterocycles. The van der Waals surface area contributed by atoms with Gasteiger partial charge < -0.3 is 10.0 Å². The highest BCUT2D eigenvalue weighted by molar-refractivity contribution is 9.10. The Balaban J connectivity index is 1.99. The second kappa shape index (κ2) is 5.41. The number of aryl methyl sites for hydroxylation is 1. The lowest BCUT2D eigenvalue weighted by molar-refractivity contribution is 0.0265. The average molecular weight is 312 g/mol. The van der Waals surface area contributed by atoms with E-state index in [2.05, 4.69) is 15.9 Å². The van der Waals surface area contributed by atoms with E-state index in [1.807, 2.05) is 32.2 Å². The van der Waals surface area contributed by atoms with Crippen LogP contribution in [0.3, 0.4) is 0 Å². The molecule has 0 spiro atoms. The van der Waals surface area contributed by atoms with Crippen molar-refractivity contribution < 1.29 is 9.90 Å². The van der Waals surface area contributed by atoms with Gasteiger partial charge in [0.2, 0.25) is 0 Å². The van der Waals surface area contributed by atoms with E-state index >= 15 is 0 Å². The van der Waals surface area contributed by atoms with Crippen LogP contribution in [0.25, 0.3) is 0 Å². The summed E-state index contributed by atoms with van der Waals surface area (Å²) in [6.07, 6.45) is 1.47. The van der Waals surface area contributed by atoms with E-state index in [1.54, 1.807) is 4.90 Å². The quantitative estimate of drug-likeness (QED) is 0.932. The smallest absolute Gasteiger partial charge is 0.253 e. The predicted molar refractivity (Wildman–Crippen MR) is 74.6 cm³/mol. The Bertz CT molecular complexity index is 455. The average Bonchev–Trinajstić information content (AvgIpc) is 2.29. The molecule has 4 heteroatoms. The molecule has 0 atom stereocenters. The zero-order valence-corrected chi connectivity index (χ0v) is 12.3. The summed E-state index contributed by atoms with van der Waals surface area (Å²) in [4.78, 5) is 14.0. The Morgan fingerprint density at radius 1 is 1.50 bits per heavy atom. The monoisotopic (exact) mass is 311 g/mol. The Morgan fingerprint density at radius 2 is 2.17 bits per heavy atom. The van der Waals surface area contributed by atoms with E-state index in [1.165, 1.54) is 0 Å². The third kappa shape index (κ3) is 2.93. The third-order valence-corrected chi connectivity index (χ3v) is 4.38. The highest BCUT2D eigenvalue weighted by Crippen LogP contribution is 2.28. The van der Waals surface area contributed by atoms with Crippen molar-refractivity contribution in [1.82, 2.24) is 4.90 Å². The highest BCUT2D eigenvalue weighted by atomic mass is 79.9. The van der Waals surface area contributed by atoms with Crippen molar-refractivity contribution in [2.75, 3.05) is 13.6 Å². The number of carbonyl (C=O) groups is 1. The lowest BCUT2D eigenvalue weighted by Crippen LogP contribution is -2.39. The summed E-state index contributed by atoms with van der Waals surface area (Å²) in [5.41, 5.74) is 1.78. The molecule has 0 aliphatic heterocycles. The zero-order valence-electron chi connectivity index (χ0n) is 10.7. The SMILES string of the molecule is Cc1cc(C(=O)N(C)CC2CC(O)C2)ccc1Br. The first-order chi connectivity index (χ1) is 8.47. The highest BCUT2D eigenvalue weighted by Gasteiger charge is 2.29. The van der Waals surface area contributed by atoms with E-state index in [4.69, 9.17) is 0 Å². The van der Waals surface area contributed by atoms with Crippen LogP contribution in [0.1, 0.15) is 28.8 Å². The number of amides is 1. The van der Waals surface area contributed by atoms with Gasteiger partial charge in [-0.05, 0) is 49.4 Å². The molecule has 18 heavy (non-hydrogen) atoms. The molecular formula is C14H18BrNO2. The van der Waals surface area contributed by atoms with Crippen LogP contribution in [0.15, 0.2) is 22.7 Å². The summed E-state index contributed by atoms with van der Waals surface area (Å²) in [5, 5.41) is 9.25. The fraction of sp³-hybridized carbons (Fsp3) is 0.500. The normalized spacial score (nSPS) is 22.4. The largest absolute Gasteiger partial charge is 0.393 e. The maximum atomic E-state index is 12.2. The molecule has 1 aromatic carbocycles. The number of aliphatic hydroxyl groups is 1. The number of aliphatic hydroxyl groups excluding tert-OH is 1. The first-order valence-corrected chi connectivity index (χ1v) is 6.96. The number of hydrogen-bond donors (Lipinski definition) is 1. The molecule has 0 bridgehead atoms. The molecule has 2 rings (SSSR count). The molecular weight excluding hydrogens is 294 g/mol. The molecule has 1 saturated carbocycles. The molecule has 0 aromatic heterocycles. The van der Waals surface area contributed by atoms with Crippen molar-refractivity contribution >= 4 is 21.8 Å². The van der Waals surface area contributed by atoms with Gasteiger partial charge in [-0.2, -0.15) is 0 Å². The summed E-state index contributed by atoms with van der Waals surface area (Å²) in [6.45, 7) is 2.70. The van der Waals surface area contributed by atoms with Gasteiger partial charge in [-0.1, -0.05) is 15.9 Å². The standard InChI is InChI=1S/C14H18BrNO2/c1-9-5-11(3-4-13(9)15)14(18)16(2)8-10-6-12(17)7-10/h3-5,10,12,17H,6-8H2,1-2H3. The minimum Gasteiger partial charge on any atom is -0.393 e. The van der Waals surface area contributed by atoms with Crippen LogP contribution in [0.2, 0.25) is 0 Å². The Hall–Kier alpha value is -0.870. The molecule has 98 valence electrons. The fourth-order valence-corrected chi connectivity index (χ4v) is 2.56. The summed E-state index contributed by atoms with van der Waals surface area (Å²) in [6, 6.07) is 5.65. The number of carbonyl (C=O) groups excluding carboxylic acids is 1. The maximum absolute atomic E-state index is 12.2. The van der Waals surface area contributed by atoms with Crippen LogP contribution in [-0.2, 0) is 0 Å². The minimum absolute atomic E-state index is 0.0481. The molecule has 0 radical (unpaired) electrons. The molecule has 1 aliphatic rings. The van der Waals surface area contributed by atoms with Crippen molar-refractivity contribution in [3.05, 3.63) is 33.8 Å². The van der Waals surface area contributed by atoms with E-state index in [0.717, 1.165) is 35.0 Å². The van der Waals surface area contributed by atoms with Gasteiger partial charge in [-0.25, -0.2) is 0 Å². The molecule has 1 aliphatic carbocycles. The number of hydrogen-bond acceptors (Lipinski definition) is 2. The molecule has 1 amide bonds. The first-order valence-electron chi connectivity index (χ1n) is 6.17. The predicted octanol–water partition coefficient (Wildman–Crippen LogP) is 2.60.